The summed E-state index contributed by atoms with van der Waals surface area (Å²) in [7, 11) is 1.73. The summed E-state index contributed by atoms with van der Waals surface area (Å²) in [6, 6.07) is 15.9. The van der Waals surface area contributed by atoms with Gasteiger partial charge in [-0.25, -0.2) is 13.9 Å². The maximum absolute atomic E-state index is 13.3. The normalized spacial score (nSPS) is 11.6. The average molecular weight is 414 g/mol. The molecule has 156 valence electrons. The molecule has 0 fully saturated rings. The fourth-order valence-corrected chi connectivity index (χ4v) is 3.90. The number of benzene rings is 2. The Morgan fingerprint density at radius 3 is 2.39 bits per heavy atom. The lowest BCUT2D eigenvalue weighted by atomic mass is 10.1. The molecular weight excluding hydrogens is 392 g/mol. The molecule has 0 bridgehead atoms. The van der Waals surface area contributed by atoms with Gasteiger partial charge in [-0.1, -0.05) is 59.7 Å². The number of hydrogen-bond acceptors (Lipinski definition) is 4. The Bertz CT molecular complexity index is 1550. The van der Waals surface area contributed by atoms with Gasteiger partial charge in [0.15, 0.2) is 5.52 Å². The van der Waals surface area contributed by atoms with Crippen LogP contribution in [0.5, 0.6) is 0 Å². The first-order chi connectivity index (χ1) is 14.9. The maximum Gasteiger partial charge on any atom is 0.352 e. The van der Waals surface area contributed by atoms with Gasteiger partial charge in [-0.2, -0.15) is 5.10 Å². The number of hydrogen-bond donors (Lipinski definition) is 0. The number of nitrogens with zero attached hydrogens (tertiary/aromatic N) is 6. The Labute approximate surface area is 177 Å². The van der Waals surface area contributed by atoms with Gasteiger partial charge < -0.3 is 0 Å². The summed E-state index contributed by atoms with van der Waals surface area (Å²) in [6.45, 7) is 4.65. The zero-order chi connectivity index (χ0) is 21.7. The summed E-state index contributed by atoms with van der Waals surface area (Å²) in [5.41, 5.74) is 4.32. The Balaban J connectivity index is 1.74. The third-order valence-corrected chi connectivity index (χ3v) is 5.44. The monoisotopic (exact) mass is 414 g/mol. The van der Waals surface area contributed by atoms with E-state index in [1.807, 2.05) is 62.4 Å². The zero-order valence-corrected chi connectivity index (χ0v) is 17.6. The molecule has 8 heteroatoms. The first-order valence-electron chi connectivity index (χ1n) is 10.1. The second kappa shape index (κ2) is 7.09. The van der Waals surface area contributed by atoms with Crippen LogP contribution in [0.25, 0.3) is 16.8 Å². The lowest BCUT2D eigenvalue weighted by Gasteiger charge is -2.07. The molecule has 31 heavy (non-hydrogen) atoms. The van der Waals surface area contributed by atoms with Crippen LogP contribution in [0.1, 0.15) is 22.3 Å². The lowest BCUT2D eigenvalue weighted by Crippen LogP contribution is -2.26. The van der Waals surface area contributed by atoms with Gasteiger partial charge in [0.25, 0.3) is 5.56 Å². The minimum Gasteiger partial charge on any atom is -0.273 e. The Morgan fingerprint density at radius 2 is 1.65 bits per heavy atom. The van der Waals surface area contributed by atoms with Gasteiger partial charge in [0, 0.05) is 13.2 Å². The van der Waals surface area contributed by atoms with E-state index in [1.54, 1.807) is 17.9 Å². The fraction of sp³-hybridized carbons (Fsp3) is 0.217. The smallest absolute Gasteiger partial charge is 0.273 e. The fourth-order valence-electron chi connectivity index (χ4n) is 3.90. The Kier molecular flexibility index (Phi) is 4.35. The van der Waals surface area contributed by atoms with E-state index in [9.17, 15) is 9.59 Å². The molecule has 0 radical (unpaired) electrons. The first kappa shape index (κ1) is 19.0. The molecule has 0 aliphatic rings. The highest BCUT2D eigenvalue weighted by atomic mass is 16.2. The second-order valence-electron chi connectivity index (χ2n) is 7.98. The van der Waals surface area contributed by atoms with Gasteiger partial charge in [0.1, 0.15) is 5.52 Å². The van der Waals surface area contributed by atoms with Crippen molar-refractivity contribution in [3.63, 3.8) is 0 Å². The van der Waals surface area contributed by atoms with Crippen LogP contribution < -0.4 is 11.2 Å². The summed E-state index contributed by atoms with van der Waals surface area (Å²) in [5, 5.41) is 8.88. The van der Waals surface area contributed by atoms with Gasteiger partial charge in [-0.3, -0.25) is 14.0 Å². The SMILES string of the molecule is Cc1ccc(Cn2c(=O)c3nn(C)cc3n3c(=O)n(Cc4cccc(C)c4)nc23)cc1. The van der Waals surface area contributed by atoms with Crippen molar-refractivity contribution in [1.82, 2.24) is 28.5 Å². The van der Waals surface area contributed by atoms with Crippen LogP contribution in [-0.4, -0.2) is 28.5 Å². The van der Waals surface area contributed by atoms with Crippen molar-refractivity contribution in [1.29, 1.82) is 0 Å². The van der Waals surface area contributed by atoms with Crippen molar-refractivity contribution in [2.24, 2.45) is 7.05 Å². The van der Waals surface area contributed by atoms with Crippen molar-refractivity contribution >= 4 is 16.8 Å². The van der Waals surface area contributed by atoms with Gasteiger partial charge in [0.05, 0.1) is 13.1 Å². The predicted molar refractivity (Wildman–Crippen MR) is 119 cm³/mol. The summed E-state index contributed by atoms with van der Waals surface area (Å²) < 4.78 is 5.95. The molecule has 5 aromatic rings. The van der Waals surface area contributed by atoms with E-state index in [0.29, 0.717) is 24.4 Å². The van der Waals surface area contributed by atoms with Gasteiger partial charge >= 0.3 is 5.69 Å². The molecule has 0 N–H and O–H groups in total. The molecule has 5 rings (SSSR count). The summed E-state index contributed by atoms with van der Waals surface area (Å²) >= 11 is 0. The Morgan fingerprint density at radius 1 is 0.871 bits per heavy atom. The standard InChI is InChI=1S/C23H22N6O2/c1-15-7-9-17(10-8-15)12-27-21(30)20-19(14-26(3)24-20)29-22(27)25-28(23(29)31)13-18-6-4-5-16(2)11-18/h4-11,14H,12-13H2,1-3H3. The highest BCUT2D eigenvalue weighted by Crippen LogP contribution is 2.13. The minimum absolute atomic E-state index is 0.249. The van der Waals surface area contributed by atoms with E-state index in [2.05, 4.69) is 10.2 Å². The van der Waals surface area contributed by atoms with E-state index in [4.69, 9.17) is 0 Å². The average Bonchev–Trinajstić information content (AvgIpc) is 3.27. The largest absolute Gasteiger partial charge is 0.352 e. The second-order valence-corrected chi connectivity index (χ2v) is 7.98. The van der Waals surface area contributed by atoms with Crippen molar-refractivity contribution < 1.29 is 0 Å². The van der Waals surface area contributed by atoms with E-state index in [0.717, 1.165) is 22.3 Å². The minimum atomic E-state index is -0.299. The molecule has 0 saturated heterocycles. The molecule has 3 aromatic heterocycles. The summed E-state index contributed by atoms with van der Waals surface area (Å²) in [6.07, 6.45) is 1.68. The predicted octanol–water partition coefficient (Wildman–Crippen LogP) is 2.26. The van der Waals surface area contributed by atoms with Crippen LogP contribution >= 0.6 is 0 Å². The molecule has 0 aliphatic heterocycles. The van der Waals surface area contributed by atoms with Crippen molar-refractivity contribution in [3.8, 4) is 0 Å². The van der Waals surface area contributed by atoms with E-state index in [-0.39, 0.29) is 16.8 Å². The number of aromatic nitrogens is 6. The van der Waals surface area contributed by atoms with Crippen LogP contribution in [0.15, 0.2) is 64.3 Å². The van der Waals surface area contributed by atoms with Crippen LogP contribution in [0.4, 0.5) is 0 Å². The van der Waals surface area contributed by atoms with Crippen LogP contribution in [0, 0.1) is 13.8 Å². The molecule has 8 nitrogen and oxygen atoms in total. The molecule has 0 unspecified atom stereocenters. The molecule has 3 heterocycles. The van der Waals surface area contributed by atoms with Crippen molar-refractivity contribution in [2.75, 3.05) is 0 Å². The zero-order valence-electron chi connectivity index (χ0n) is 17.6. The summed E-state index contributed by atoms with van der Waals surface area (Å²) in [4.78, 5) is 26.6. The highest BCUT2D eigenvalue weighted by Gasteiger charge is 2.20. The third kappa shape index (κ3) is 3.26. The highest BCUT2D eigenvalue weighted by molar-refractivity contribution is 5.75. The number of rotatable bonds is 4. The molecule has 0 saturated carbocycles. The topological polar surface area (TPSA) is 79.1 Å². The van der Waals surface area contributed by atoms with Crippen molar-refractivity contribution in [2.45, 2.75) is 26.9 Å². The van der Waals surface area contributed by atoms with Crippen LogP contribution in [0.2, 0.25) is 0 Å². The molecule has 0 amide bonds. The Hall–Kier alpha value is -3.94. The number of fused-ring (bicyclic) bond motifs is 3. The van der Waals surface area contributed by atoms with Crippen LogP contribution in [0.3, 0.4) is 0 Å². The molecule has 0 atom stereocenters. The first-order valence-corrected chi connectivity index (χ1v) is 10.1. The third-order valence-electron chi connectivity index (χ3n) is 5.44. The quantitative estimate of drug-likeness (QED) is 0.452. The van der Waals surface area contributed by atoms with Crippen LogP contribution in [-0.2, 0) is 20.1 Å². The van der Waals surface area contributed by atoms with Crippen molar-refractivity contribution in [3.05, 3.63) is 97.8 Å². The van der Waals surface area contributed by atoms with Gasteiger partial charge in [-0.15, -0.1) is 5.10 Å². The summed E-state index contributed by atoms with van der Waals surface area (Å²) in [5.74, 6) is 0.309. The maximum atomic E-state index is 13.3. The molecule has 0 aliphatic carbocycles. The van der Waals surface area contributed by atoms with Gasteiger partial charge in [0.2, 0.25) is 5.78 Å². The van der Waals surface area contributed by atoms with Gasteiger partial charge in [-0.05, 0) is 25.0 Å². The lowest BCUT2D eigenvalue weighted by molar-refractivity contribution is 0.654. The van der Waals surface area contributed by atoms with E-state index >= 15 is 0 Å². The molecular formula is C23H22N6O2. The molecule has 2 aromatic carbocycles. The van der Waals surface area contributed by atoms with E-state index in [1.165, 1.54) is 13.6 Å². The molecule has 0 spiro atoms. The van der Waals surface area contributed by atoms with E-state index < -0.39 is 0 Å². The number of aryl methyl sites for hydroxylation is 3.